The molecule has 1 unspecified atom stereocenters. The minimum absolute atomic E-state index is 0.583. The first-order valence-electron chi connectivity index (χ1n) is 2.76. The van der Waals surface area contributed by atoms with Crippen LogP contribution in [-0.2, 0) is 0 Å². The third kappa shape index (κ3) is 4.81. The lowest BCUT2D eigenvalue weighted by atomic mass is 10.8. The molecule has 0 aliphatic carbocycles. The van der Waals surface area contributed by atoms with Crippen LogP contribution in [-0.4, -0.2) is 18.2 Å². The van der Waals surface area contributed by atoms with E-state index in [4.69, 9.17) is 0 Å². The summed E-state index contributed by atoms with van der Waals surface area (Å²) in [6.07, 6.45) is 0. The van der Waals surface area contributed by atoms with Crippen LogP contribution in [0, 0.1) is 0 Å². The van der Waals surface area contributed by atoms with Crippen molar-refractivity contribution in [2.75, 3.05) is 12.8 Å². The van der Waals surface area contributed by atoms with E-state index < -0.39 is 0 Å². The fourth-order valence-electron chi connectivity index (χ4n) is 0.218. The van der Waals surface area contributed by atoms with Crippen molar-refractivity contribution in [1.29, 1.82) is 0 Å². The Hall–Kier alpha value is 0.660. The van der Waals surface area contributed by atoms with E-state index in [0.29, 0.717) is 5.37 Å². The highest BCUT2D eigenvalue weighted by Gasteiger charge is 1.94. The van der Waals surface area contributed by atoms with Gasteiger partial charge < -0.3 is 5.32 Å². The van der Waals surface area contributed by atoms with Crippen molar-refractivity contribution >= 4 is 21.6 Å². The van der Waals surface area contributed by atoms with Crippen LogP contribution in [0.15, 0.2) is 0 Å². The van der Waals surface area contributed by atoms with E-state index in [0.717, 1.165) is 0 Å². The zero-order valence-electron chi connectivity index (χ0n) is 5.60. The largest absolute Gasteiger partial charge is 0.308 e. The number of nitrogens with one attached hydrogen (secondary N) is 1. The van der Waals surface area contributed by atoms with Crippen molar-refractivity contribution < 1.29 is 0 Å². The summed E-state index contributed by atoms with van der Waals surface area (Å²) in [5.74, 6) is 1.19. The van der Waals surface area contributed by atoms with Gasteiger partial charge in [0, 0.05) is 5.75 Å². The minimum atomic E-state index is 0.583. The summed E-state index contributed by atoms with van der Waals surface area (Å²) in [6, 6.07) is 0. The number of hydrogen-bond donors (Lipinski definition) is 1. The van der Waals surface area contributed by atoms with E-state index in [2.05, 4.69) is 19.2 Å². The van der Waals surface area contributed by atoms with Gasteiger partial charge in [-0.2, -0.15) is 0 Å². The molecular formula is C5H13NS2. The lowest BCUT2D eigenvalue weighted by molar-refractivity contribution is 0.811. The van der Waals surface area contributed by atoms with Crippen molar-refractivity contribution in [1.82, 2.24) is 5.32 Å². The zero-order chi connectivity index (χ0) is 6.41. The van der Waals surface area contributed by atoms with Crippen molar-refractivity contribution in [3.63, 3.8) is 0 Å². The molecule has 0 saturated heterocycles. The maximum atomic E-state index is 3.14. The van der Waals surface area contributed by atoms with Crippen LogP contribution in [0.1, 0.15) is 13.8 Å². The quantitative estimate of drug-likeness (QED) is 0.487. The summed E-state index contributed by atoms with van der Waals surface area (Å²) in [5, 5.41) is 3.73. The molecule has 0 bridgehead atoms. The highest BCUT2D eigenvalue weighted by Crippen LogP contribution is 2.23. The first-order chi connectivity index (χ1) is 3.81. The Labute approximate surface area is 59.4 Å². The Bertz CT molecular complexity index is 49.7. The van der Waals surface area contributed by atoms with Crippen LogP contribution in [0.25, 0.3) is 0 Å². The highest BCUT2D eigenvalue weighted by atomic mass is 33.1. The van der Waals surface area contributed by atoms with Crippen molar-refractivity contribution in [3.05, 3.63) is 0 Å². The van der Waals surface area contributed by atoms with Crippen LogP contribution in [0.5, 0.6) is 0 Å². The molecule has 0 aromatic carbocycles. The Morgan fingerprint density at radius 3 is 2.62 bits per heavy atom. The van der Waals surface area contributed by atoms with Crippen LogP contribution < -0.4 is 5.32 Å². The molecular weight excluding hydrogens is 138 g/mol. The van der Waals surface area contributed by atoms with Crippen molar-refractivity contribution in [2.45, 2.75) is 19.2 Å². The average molecular weight is 151 g/mol. The van der Waals surface area contributed by atoms with E-state index in [1.54, 1.807) is 0 Å². The summed E-state index contributed by atoms with van der Waals surface area (Å²) < 4.78 is 0. The summed E-state index contributed by atoms with van der Waals surface area (Å²) in [5.41, 5.74) is 0. The van der Waals surface area contributed by atoms with Gasteiger partial charge in [0.15, 0.2) is 0 Å². The van der Waals surface area contributed by atoms with Crippen molar-refractivity contribution in [3.8, 4) is 0 Å². The lowest BCUT2D eigenvalue weighted by Gasteiger charge is -2.05. The van der Waals surface area contributed by atoms with Gasteiger partial charge in [0.2, 0.25) is 0 Å². The molecule has 0 radical (unpaired) electrons. The molecule has 1 nitrogen and oxygen atoms in total. The normalized spacial score (nSPS) is 13.9. The van der Waals surface area contributed by atoms with Gasteiger partial charge in [0.05, 0.1) is 5.37 Å². The summed E-state index contributed by atoms with van der Waals surface area (Å²) in [4.78, 5) is 0. The fraction of sp³-hybridized carbons (Fsp3) is 1.00. The Kier molecular flexibility index (Phi) is 6.27. The highest BCUT2D eigenvalue weighted by molar-refractivity contribution is 8.76. The topological polar surface area (TPSA) is 12.0 Å². The molecule has 3 heteroatoms. The zero-order valence-corrected chi connectivity index (χ0v) is 7.23. The summed E-state index contributed by atoms with van der Waals surface area (Å²) in [6.45, 7) is 4.33. The van der Waals surface area contributed by atoms with Crippen LogP contribution in [0.4, 0.5) is 0 Å². The second-order valence-corrected chi connectivity index (χ2v) is 4.43. The maximum Gasteiger partial charge on any atom is 0.0605 e. The smallest absolute Gasteiger partial charge is 0.0605 e. The molecule has 0 aromatic heterocycles. The van der Waals surface area contributed by atoms with Crippen molar-refractivity contribution in [2.24, 2.45) is 0 Å². The predicted octanol–water partition coefficient (Wildman–Crippen LogP) is 1.95. The first kappa shape index (κ1) is 8.66. The number of hydrogen-bond acceptors (Lipinski definition) is 3. The second-order valence-electron chi connectivity index (χ2n) is 1.43. The van der Waals surface area contributed by atoms with Gasteiger partial charge in [-0.25, -0.2) is 0 Å². The standard InChI is InChI=1S/C5H13NS2/c1-4-7-8-5(2)6-3/h5-6H,4H2,1-3H3. The molecule has 1 N–H and O–H groups in total. The third-order valence-corrected chi connectivity index (χ3v) is 3.61. The van der Waals surface area contributed by atoms with Gasteiger partial charge in [-0.3, -0.25) is 0 Å². The second kappa shape index (κ2) is 5.79. The Balaban J connectivity index is 2.86. The Morgan fingerprint density at radius 2 is 2.25 bits per heavy atom. The average Bonchev–Trinajstić information content (AvgIpc) is 1.83. The molecule has 50 valence electrons. The van der Waals surface area contributed by atoms with Gasteiger partial charge in [0.25, 0.3) is 0 Å². The molecule has 0 aromatic rings. The molecule has 0 saturated carbocycles. The van der Waals surface area contributed by atoms with Crippen LogP contribution >= 0.6 is 21.6 Å². The molecule has 0 heterocycles. The summed E-state index contributed by atoms with van der Waals surface area (Å²) in [7, 11) is 5.76. The first-order valence-corrected chi connectivity index (χ1v) is 5.15. The lowest BCUT2D eigenvalue weighted by Crippen LogP contribution is -2.15. The van der Waals surface area contributed by atoms with E-state index in [9.17, 15) is 0 Å². The van der Waals surface area contributed by atoms with E-state index in [1.807, 2.05) is 28.6 Å². The van der Waals surface area contributed by atoms with E-state index in [-0.39, 0.29) is 0 Å². The minimum Gasteiger partial charge on any atom is -0.308 e. The molecule has 0 rings (SSSR count). The van der Waals surface area contributed by atoms with Gasteiger partial charge in [-0.1, -0.05) is 28.5 Å². The molecule has 1 atom stereocenters. The summed E-state index contributed by atoms with van der Waals surface area (Å²) >= 11 is 0. The monoisotopic (exact) mass is 151 g/mol. The van der Waals surface area contributed by atoms with E-state index in [1.165, 1.54) is 5.75 Å². The maximum absolute atomic E-state index is 3.14. The van der Waals surface area contributed by atoms with Gasteiger partial charge >= 0.3 is 0 Å². The van der Waals surface area contributed by atoms with Gasteiger partial charge in [-0.05, 0) is 14.0 Å². The van der Waals surface area contributed by atoms with E-state index >= 15 is 0 Å². The molecule has 0 aliphatic heterocycles. The molecule has 0 amide bonds. The van der Waals surface area contributed by atoms with Gasteiger partial charge in [-0.15, -0.1) is 0 Å². The third-order valence-electron chi connectivity index (χ3n) is 0.737. The van der Waals surface area contributed by atoms with Crippen LogP contribution in [0.3, 0.4) is 0 Å². The number of rotatable bonds is 4. The molecule has 0 spiro atoms. The predicted molar refractivity (Wildman–Crippen MR) is 44.2 cm³/mol. The Morgan fingerprint density at radius 1 is 1.62 bits per heavy atom. The molecule has 0 fully saturated rings. The molecule has 8 heavy (non-hydrogen) atoms. The van der Waals surface area contributed by atoms with Gasteiger partial charge in [0.1, 0.15) is 0 Å². The fourth-order valence-corrected chi connectivity index (χ4v) is 1.96. The SMILES string of the molecule is CCSSC(C)NC. The van der Waals surface area contributed by atoms with Crippen LogP contribution in [0.2, 0.25) is 0 Å². The molecule has 0 aliphatic rings.